The molecule has 168 valence electrons. The van der Waals surface area contributed by atoms with Crippen LogP contribution in [0.1, 0.15) is 18.2 Å². The lowest BCUT2D eigenvalue weighted by atomic mass is 10.1. The number of rotatable bonds is 9. The van der Waals surface area contributed by atoms with E-state index in [1.54, 1.807) is 23.8 Å². The van der Waals surface area contributed by atoms with Gasteiger partial charge >= 0.3 is 0 Å². The molecule has 1 aliphatic rings. The second-order valence-electron chi connectivity index (χ2n) is 7.09. The monoisotopic (exact) mass is 442 g/mol. The van der Waals surface area contributed by atoms with Gasteiger partial charge in [0.2, 0.25) is 5.95 Å². The summed E-state index contributed by atoms with van der Waals surface area (Å²) in [5.41, 5.74) is 15.1. The number of azide groups is 1. The fourth-order valence-electron chi connectivity index (χ4n) is 3.53. The highest BCUT2D eigenvalue weighted by Crippen LogP contribution is 2.33. The van der Waals surface area contributed by atoms with Crippen molar-refractivity contribution in [3.05, 3.63) is 57.0 Å². The highest BCUT2D eigenvalue weighted by molar-refractivity contribution is 5.70. The molecule has 0 spiro atoms. The number of nitrogens with two attached hydrogens (primary N) is 1. The van der Waals surface area contributed by atoms with E-state index in [-0.39, 0.29) is 30.4 Å². The smallest absolute Gasteiger partial charge is 0.280 e. The summed E-state index contributed by atoms with van der Waals surface area (Å²) in [6.07, 6.45) is 1.03. The van der Waals surface area contributed by atoms with Crippen molar-refractivity contribution in [3.63, 3.8) is 0 Å². The Kier molecular flexibility index (Phi) is 6.52. The van der Waals surface area contributed by atoms with E-state index >= 15 is 0 Å². The van der Waals surface area contributed by atoms with Gasteiger partial charge in [-0.05, 0) is 23.2 Å². The number of methoxy groups -OCH3 is 1. The highest BCUT2D eigenvalue weighted by atomic mass is 16.6. The minimum absolute atomic E-state index is 0.00958. The third-order valence-electron chi connectivity index (χ3n) is 5.01. The Balaban J connectivity index is 1.44. The Morgan fingerprint density at radius 3 is 2.97 bits per heavy atom. The van der Waals surface area contributed by atoms with Gasteiger partial charge in [0.05, 0.1) is 25.6 Å². The zero-order valence-corrected chi connectivity index (χ0v) is 17.2. The molecular weight excluding hydrogens is 420 g/mol. The van der Waals surface area contributed by atoms with Crippen molar-refractivity contribution in [1.82, 2.24) is 19.5 Å². The lowest BCUT2D eigenvalue weighted by Crippen LogP contribution is -2.28. The molecular formula is C19H22N8O5. The number of nitrogen functional groups attached to an aromatic ring is 1. The van der Waals surface area contributed by atoms with Crippen LogP contribution in [-0.4, -0.2) is 52.2 Å². The molecule has 1 unspecified atom stereocenters. The highest BCUT2D eigenvalue weighted by Gasteiger charge is 2.38. The van der Waals surface area contributed by atoms with E-state index in [0.717, 1.165) is 5.56 Å². The fourth-order valence-corrected chi connectivity index (χ4v) is 3.53. The Labute approximate surface area is 181 Å². The van der Waals surface area contributed by atoms with Gasteiger partial charge in [0.25, 0.3) is 5.56 Å². The summed E-state index contributed by atoms with van der Waals surface area (Å²) in [6.45, 7) is 0.629. The van der Waals surface area contributed by atoms with Crippen molar-refractivity contribution in [1.29, 1.82) is 0 Å². The average molecular weight is 442 g/mol. The van der Waals surface area contributed by atoms with Crippen LogP contribution in [0, 0.1) is 0 Å². The third kappa shape index (κ3) is 4.65. The van der Waals surface area contributed by atoms with Crippen LogP contribution in [0.5, 0.6) is 5.75 Å². The molecule has 4 rings (SSSR count). The Morgan fingerprint density at radius 1 is 1.41 bits per heavy atom. The number of imidazole rings is 1. The maximum atomic E-state index is 12.0. The first-order valence-electron chi connectivity index (χ1n) is 9.80. The maximum Gasteiger partial charge on any atom is 0.280 e. The van der Waals surface area contributed by atoms with Crippen molar-refractivity contribution in [3.8, 4) is 5.75 Å². The summed E-state index contributed by atoms with van der Waals surface area (Å²) < 4.78 is 24.5. The van der Waals surface area contributed by atoms with Crippen LogP contribution in [0.25, 0.3) is 21.6 Å². The molecule has 3 atom stereocenters. The van der Waals surface area contributed by atoms with E-state index in [4.69, 9.17) is 30.2 Å². The number of benzene rings is 1. The molecule has 0 saturated carbocycles. The quantitative estimate of drug-likeness (QED) is 0.287. The topological polar surface area (TPSA) is 175 Å². The maximum absolute atomic E-state index is 12.0. The molecule has 2 aromatic heterocycles. The Morgan fingerprint density at radius 2 is 2.22 bits per heavy atom. The Hall–Kier alpha value is -3.64. The standard InChI is InChI=1S/C19H22N8O5/c1-29-8-14-13(30-7-11-2-4-12(5-3-11)31-10-23-26-21)6-15(32-14)27-9-22-16-17(27)24-19(20)25-18(16)28/h2-5,9,13-15H,6-8,10H2,1H3,(H3,20,24,25,28)/t13?,14-,15-/m1/s1. The van der Waals surface area contributed by atoms with Gasteiger partial charge in [-0.1, -0.05) is 17.2 Å². The van der Waals surface area contributed by atoms with E-state index in [2.05, 4.69) is 25.0 Å². The molecule has 1 saturated heterocycles. The largest absolute Gasteiger partial charge is 0.488 e. The third-order valence-corrected chi connectivity index (χ3v) is 5.01. The summed E-state index contributed by atoms with van der Waals surface area (Å²) in [6, 6.07) is 7.29. The molecule has 0 aliphatic carbocycles. The lowest BCUT2D eigenvalue weighted by Gasteiger charge is -2.18. The lowest BCUT2D eigenvalue weighted by molar-refractivity contribution is -0.0716. The number of nitrogens with zero attached hydrogens (tertiary/aromatic N) is 6. The number of nitrogens with one attached hydrogen (secondary N) is 1. The summed E-state index contributed by atoms with van der Waals surface area (Å²) in [7, 11) is 1.59. The van der Waals surface area contributed by atoms with Gasteiger partial charge in [0.15, 0.2) is 17.9 Å². The first-order chi connectivity index (χ1) is 15.6. The molecule has 1 aromatic carbocycles. The number of aromatic amines is 1. The molecule has 0 amide bonds. The summed E-state index contributed by atoms with van der Waals surface area (Å²) in [5.74, 6) is 0.603. The number of aromatic nitrogens is 4. The zero-order chi connectivity index (χ0) is 22.5. The van der Waals surface area contributed by atoms with Gasteiger partial charge in [-0.3, -0.25) is 14.3 Å². The van der Waals surface area contributed by atoms with Crippen LogP contribution in [0.15, 0.2) is 40.5 Å². The van der Waals surface area contributed by atoms with Gasteiger partial charge < -0.3 is 24.7 Å². The second-order valence-corrected chi connectivity index (χ2v) is 7.09. The molecule has 0 bridgehead atoms. The zero-order valence-electron chi connectivity index (χ0n) is 17.2. The number of hydrogen-bond acceptors (Lipinski definition) is 9. The van der Waals surface area contributed by atoms with Gasteiger partial charge in [-0.25, -0.2) is 4.98 Å². The van der Waals surface area contributed by atoms with E-state index in [1.807, 2.05) is 12.1 Å². The second kappa shape index (κ2) is 9.66. The minimum atomic E-state index is -0.435. The molecule has 3 heterocycles. The molecule has 3 aromatic rings. The molecule has 32 heavy (non-hydrogen) atoms. The van der Waals surface area contributed by atoms with E-state index in [9.17, 15) is 4.79 Å². The van der Waals surface area contributed by atoms with Gasteiger partial charge in [0.1, 0.15) is 18.1 Å². The first-order valence-corrected chi connectivity index (χ1v) is 9.80. The normalized spacial score (nSPS) is 20.3. The number of ether oxygens (including phenoxy) is 4. The van der Waals surface area contributed by atoms with E-state index in [1.165, 1.54) is 6.33 Å². The SMILES string of the molecule is COC[C@H]1O[C@@H](n2cnc3c(=O)[nH]c(N)nc32)CC1OCc1ccc(OCN=[N+]=[N-])cc1. The molecule has 1 aliphatic heterocycles. The fraction of sp³-hybridized carbons (Fsp3) is 0.421. The summed E-state index contributed by atoms with van der Waals surface area (Å²) in [4.78, 5) is 25.5. The summed E-state index contributed by atoms with van der Waals surface area (Å²) >= 11 is 0. The molecule has 13 nitrogen and oxygen atoms in total. The predicted octanol–water partition coefficient (Wildman–Crippen LogP) is 1.87. The first kappa shape index (κ1) is 21.6. The van der Waals surface area contributed by atoms with Crippen molar-refractivity contribution in [2.75, 3.05) is 26.2 Å². The molecule has 0 radical (unpaired) electrons. The predicted molar refractivity (Wildman–Crippen MR) is 113 cm³/mol. The molecule has 1 fully saturated rings. The van der Waals surface area contributed by atoms with E-state index < -0.39 is 11.8 Å². The van der Waals surface area contributed by atoms with Crippen molar-refractivity contribution >= 4 is 17.1 Å². The molecule has 13 heteroatoms. The number of fused-ring (bicyclic) bond motifs is 1. The van der Waals surface area contributed by atoms with Crippen LogP contribution in [0.4, 0.5) is 5.95 Å². The van der Waals surface area contributed by atoms with Crippen molar-refractivity contribution < 1.29 is 18.9 Å². The minimum Gasteiger partial charge on any atom is -0.488 e. The van der Waals surface area contributed by atoms with Crippen LogP contribution >= 0.6 is 0 Å². The van der Waals surface area contributed by atoms with Gasteiger partial charge in [-0.2, -0.15) is 4.98 Å². The van der Waals surface area contributed by atoms with Crippen LogP contribution in [0.2, 0.25) is 0 Å². The number of hydrogen-bond donors (Lipinski definition) is 2. The number of H-pyrrole nitrogens is 1. The Bertz CT molecular complexity index is 1170. The van der Waals surface area contributed by atoms with Crippen molar-refractivity contribution in [2.45, 2.75) is 31.5 Å². The van der Waals surface area contributed by atoms with E-state index in [0.29, 0.717) is 31.0 Å². The average Bonchev–Trinajstić information content (AvgIpc) is 3.38. The summed E-state index contributed by atoms with van der Waals surface area (Å²) in [5, 5.41) is 3.33. The van der Waals surface area contributed by atoms with Gasteiger partial charge in [-0.15, -0.1) is 0 Å². The van der Waals surface area contributed by atoms with Crippen LogP contribution in [-0.2, 0) is 20.8 Å². The van der Waals surface area contributed by atoms with Gasteiger partial charge in [0, 0.05) is 18.4 Å². The van der Waals surface area contributed by atoms with Crippen molar-refractivity contribution in [2.24, 2.45) is 5.11 Å². The number of anilines is 1. The molecule has 3 N–H and O–H groups in total. The van der Waals surface area contributed by atoms with Crippen LogP contribution < -0.4 is 16.0 Å². The van der Waals surface area contributed by atoms with Crippen LogP contribution in [0.3, 0.4) is 0 Å².